The predicted molar refractivity (Wildman–Crippen MR) is 82.2 cm³/mol. The Hall–Kier alpha value is -2.14. The Morgan fingerprint density at radius 1 is 1.00 bits per heavy atom. The minimum absolute atomic E-state index is 0.442. The van der Waals surface area contributed by atoms with Crippen LogP contribution in [0.15, 0.2) is 63.2 Å². The lowest BCUT2D eigenvalue weighted by atomic mass is 10.0. The van der Waals surface area contributed by atoms with Crippen molar-refractivity contribution in [2.24, 2.45) is 0 Å². The summed E-state index contributed by atoms with van der Waals surface area (Å²) in [5.41, 5.74) is 2.01. The fourth-order valence-electron chi connectivity index (χ4n) is 1.87. The van der Waals surface area contributed by atoms with Gasteiger partial charge in [-0.3, -0.25) is 4.98 Å². The molecule has 0 saturated heterocycles. The van der Waals surface area contributed by atoms with Crippen LogP contribution in [0.4, 0.5) is 0 Å². The lowest BCUT2D eigenvalue weighted by Crippen LogP contribution is -1.85. The van der Waals surface area contributed by atoms with E-state index in [0.29, 0.717) is 22.7 Å². The average Bonchev–Trinajstić information content (AvgIpc) is 2.97. The molecule has 0 bridgehead atoms. The minimum Gasteiger partial charge on any atom is -0.409 e. The fraction of sp³-hybridized carbons (Fsp3) is 0.188. The third kappa shape index (κ3) is 3.31. The fourth-order valence-corrected chi connectivity index (χ4v) is 2.54. The molecular formula is C16H15N3OS. The molecule has 5 heteroatoms. The molecule has 0 saturated carbocycles. The van der Waals surface area contributed by atoms with E-state index in [1.165, 1.54) is 17.3 Å². The SMILES string of the molecule is CC(C)c1ccc(Sc2nnc(-c3ccccn3)o2)cc1. The molecule has 106 valence electrons. The van der Waals surface area contributed by atoms with E-state index < -0.39 is 0 Å². The van der Waals surface area contributed by atoms with Crippen molar-refractivity contribution in [3.63, 3.8) is 0 Å². The highest BCUT2D eigenvalue weighted by atomic mass is 32.2. The highest BCUT2D eigenvalue weighted by molar-refractivity contribution is 7.99. The molecular weight excluding hydrogens is 282 g/mol. The van der Waals surface area contributed by atoms with Gasteiger partial charge in [0.15, 0.2) is 0 Å². The van der Waals surface area contributed by atoms with Crippen LogP contribution in [0.3, 0.4) is 0 Å². The van der Waals surface area contributed by atoms with E-state index in [1.54, 1.807) is 6.20 Å². The summed E-state index contributed by atoms with van der Waals surface area (Å²) in [7, 11) is 0. The Morgan fingerprint density at radius 3 is 2.48 bits per heavy atom. The van der Waals surface area contributed by atoms with Crippen LogP contribution in [-0.2, 0) is 0 Å². The second-order valence-electron chi connectivity index (χ2n) is 4.91. The summed E-state index contributed by atoms with van der Waals surface area (Å²) < 4.78 is 5.63. The van der Waals surface area contributed by atoms with Gasteiger partial charge in [0.05, 0.1) is 0 Å². The summed E-state index contributed by atoms with van der Waals surface area (Å²) in [4.78, 5) is 5.27. The molecule has 3 aromatic rings. The van der Waals surface area contributed by atoms with Gasteiger partial charge in [0.2, 0.25) is 0 Å². The molecule has 4 nitrogen and oxygen atoms in total. The van der Waals surface area contributed by atoms with Crippen LogP contribution >= 0.6 is 11.8 Å². The summed E-state index contributed by atoms with van der Waals surface area (Å²) >= 11 is 1.46. The molecule has 0 aliphatic carbocycles. The first-order valence-corrected chi connectivity index (χ1v) is 7.57. The Bertz CT molecular complexity index is 708. The quantitative estimate of drug-likeness (QED) is 0.714. The number of hydrogen-bond donors (Lipinski definition) is 0. The minimum atomic E-state index is 0.442. The van der Waals surface area contributed by atoms with Crippen molar-refractivity contribution in [3.05, 3.63) is 54.2 Å². The number of nitrogens with zero attached hydrogens (tertiary/aromatic N) is 3. The maximum Gasteiger partial charge on any atom is 0.281 e. The molecule has 2 aromatic heterocycles. The standard InChI is InChI=1S/C16H15N3OS/c1-11(2)12-6-8-13(9-7-12)21-16-19-18-15(20-16)14-5-3-4-10-17-14/h3-11H,1-2H3. The van der Waals surface area contributed by atoms with Gasteiger partial charge in [-0.2, -0.15) is 0 Å². The van der Waals surface area contributed by atoms with E-state index in [1.807, 2.05) is 18.2 Å². The molecule has 21 heavy (non-hydrogen) atoms. The lowest BCUT2D eigenvalue weighted by molar-refractivity contribution is 0.464. The molecule has 0 N–H and O–H groups in total. The Morgan fingerprint density at radius 2 is 1.81 bits per heavy atom. The van der Waals surface area contributed by atoms with Crippen molar-refractivity contribution < 1.29 is 4.42 Å². The summed E-state index contributed by atoms with van der Waals surface area (Å²) in [5.74, 6) is 0.972. The number of pyridine rings is 1. The Balaban J connectivity index is 1.75. The molecule has 0 unspecified atom stereocenters. The third-order valence-corrected chi connectivity index (χ3v) is 3.89. The first-order chi connectivity index (χ1) is 10.2. The molecule has 1 aromatic carbocycles. The molecule has 0 aliphatic heterocycles. The third-order valence-electron chi connectivity index (χ3n) is 3.04. The van der Waals surface area contributed by atoms with Gasteiger partial charge < -0.3 is 4.42 Å². The van der Waals surface area contributed by atoms with Crippen molar-refractivity contribution in [1.29, 1.82) is 0 Å². The summed E-state index contributed by atoms with van der Waals surface area (Å²) in [6.07, 6.45) is 1.71. The van der Waals surface area contributed by atoms with Crippen molar-refractivity contribution in [1.82, 2.24) is 15.2 Å². The normalized spacial score (nSPS) is 11.0. The van der Waals surface area contributed by atoms with Gasteiger partial charge in [0.1, 0.15) is 5.69 Å². The van der Waals surface area contributed by atoms with Crippen molar-refractivity contribution in [3.8, 4) is 11.6 Å². The highest BCUT2D eigenvalue weighted by Crippen LogP contribution is 2.29. The van der Waals surface area contributed by atoms with Gasteiger partial charge in [-0.1, -0.05) is 32.0 Å². The summed E-state index contributed by atoms with van der Waals surface area (Å²) in [6, 6.07) is 14.0. The van der Waals surface area contributed by atoms with Crippen LogP contribution < -0.4 is 0 Å². The zero-order chi connectivity index (χ0) is 14.7. The number of benzene rings is 1. The van der Waals surface area contributed by atoms with Crippen LogP contribution in [0, 0.1) is 0 Å². The molecule has 3 rings (SSSR count). The average molecular weight is 297 g/mol. The van der Waals surface area contributed by atoms with Crippen LogP contribution in [0.2, 0.25) is 0 Å². The van der Waals surface area contributed by atoms with Crippen molar-refractivity contribution in [2.75, 3.05) is 0 Å². The first-order valence-electron chi connectivity index (χ1n) is 6.75. The molecule has 0 aliphatic rings. The number of hydrogen-bond acceptors (Lipinski definition) is 5. The van der Waals surface area contributed by atoms with Gasteiger partial charge in [-0.25, -0.2) is 0 Å². The van der Waals surface area contributed by atoms with Crippen LogP contribution in [0.5, 0.6) is 0 Å². The van der Waals surface area contributed by atoms with Crippen LogP contribution in [0.1, 0.15) is 25.3 Å². The van der Waals surface area contributed by atoms with Crippen molar-refractivity contribution in [2.45, 2.75) is 29.9 Å². The largest absolute Gasteiger partial charge is 0.409 e. The zero-order valence-corrected chi connectivity index (χ0v) is 12.7. The molecule has 0 fully saturated rings. The number of aromatic nitrogens is 3. The summed E-state index contributed by atoms with van der Waals surface area (Å²) in [5, 5.41) is 8.60. The smallest absolute Gasteiger partial charge is 0.281 e. The van der Waals surface area contributed by atoms with Crippen LogP contribution in [-0.4, -0.2) is 15.2 Å². The van der Waals surface area contributed by atoms with E-state index in [0.717, 1.165) is 4.90 Å². The van der Waals surface area contributed by atoms with Gasteiger partial charge in [-0.15, -0.1) is 10.2 Å². The van der Waals surface area contributed by atoms with E-state index >= 15 is 0 Å². The predicted octanol–water partition coefficient (Wildman–Crippen LogP) is 4.41. The zero-order valence-electron chi connectivity index (χ0n) is 11.9. The number of rotatable bonds is 4. The van der Waals surface area contributed by atoms with Gasteiger partial charge in [-0.05, 0) is 47.5 Å². The molecule has 0 radical (unpaired) electrons. The first kappa shape index (κ1) is 13.8. The summed E-state index contributed by atoms with van der Waals surface area (Å²) in [6.45, 7) is 4.36. The molecule has 0 spiro atoms. The monoisotopic (exact) mass is 297 g/mol. The second kappa shape index (κ2) is 6.10. The second-order valence-corrected chi connectivity index (χ2v) is 5.94. The lowest BCUT2D eigenvalue weighted by Gasteiger charge is -2.05. The van der Waals surface area contributed by atoms with E-state index in [4.69, 9.17) is 4.42 Å². The Labute approximate surface area is 127 Å². The van der Waals surface area contributed by atoms with Gasteiger partial charge in [0, 0.05) is 11.1 Å². The van der Waals surface area contributed by atoms with Gasteiger partial charge in [0.25, 0.3) is 11.1 Å². The maximum absolute atomic E-state index is 5.63. The Kier molecular flexibility index (Phi) is 4.01. The highest BCUT2D eigenvalue weighted by Gasteiger charge is 2.10. The molecule has 2 heterocycles. The van der Waals surface area contributed by atoms with Crippen LogP contribution in [0.25, 0.3) is 11.6 Å². The molecule has 0 atom stereocenters. The van der Waals surface area contributed by atoms with E-state index in [-0.39, 0.29) is 0 Å². The van der Waals surface area contributed by atoms with E-state index in [2.05, 4.69) is 53.3 Å². The van der Waals surface area contributed by atoms with Crippen molar-refractivity contribution >= 4 is 11.8 Å². The maximum atomic E-state index is 5.63. The van der Waals surface area contributed by atoms with E-state index in [9.17, 15) is 0 Å². The van der Waals surface area contributed by atoms with Gasteiger partial charge >= 0.3 is 0 Å². The molecule has 0 amide bonds. The topological polar surface area (TPSA) is 51.8 Å².